The largest absolute Gasteiger partial charge is 0.496 e. The molecule has 2 saturated heterocycles. The molecule has 0 bridgehead atoms. The van der Waals surface area contributed by atoms with Crippen molar-refractivity contribution in [3.8, 4) is 0 Å². The molecule has 0 amide bonds. The monoisotopic (exact) mass is 464 g/mol. The van der Waals surface area contributed by atoms with E-state index in [1.165, 1.54) is 31.5 Å². The number of nitrogens with zero attached hydrogens (tertiary/aromatic N) is 3. The van der Waals surface area contributed by atoms with E-state index in [4.69, 9.17) is 25.9 Å². The van der Waals surface area contributed by atoms with Crippen molar-refractivity contribution in [2.45, 2.75) is 58.3 Å². The molecule has 0 radical (unpaired) electrons. The average Bonchev–Trinajstić information content (AvgIpc) is 3.34. The van der Waals surface area contributed by atoms with Gasteiger partial charge in [-0.2, -0.15) is 0 Å². The van der Waals surface area contributed by atoms with Crippen LogP contribution in [0.1, 0.15) is 46.1 Å². The van der Waals surface area contributed by atoms with Crippen molar-refractivity contribution in [1.82, 2.24) is 14.9 Å². The van der Waals surface area contributed by atoms with Crippen LogP contribution in [0.4, 0.5) is 11.5 Å². The molecule has 0 aliphatic carbocycles. The van der Waals surface area contributed by atoms with Gasteiger partial charge < -0.3 is 14.6 Å². The second-order valence-electron chi connectivity index (χ2n) is 9.98. The standard InChI is InChI=1S/C25H30BClN4O2/c1-24(2)25(3,4)33-26(32-24)19-8-7-9-20(21(19)27)30-23-22-18(10-11-28-23)14-17(15-29-22)16-31-12-5-6-13-31/h7-11,14-15H,5-6,12-13,16H2,1-4H3,(H,28,30). The van der Waals surface area contributed by atoms with Gasteiger partial charge in [0.15, 0.2) is 5.82 Å². The molecule has 8 heteroatoms. The zero-order valence-corrected chi connectivity index (χ0v) is 20.4. The van der Waals surface area contributed by atoms with Crippen LogP contribution < -0.4 is 10.8 Å². The van der Waals surface area contributed by atoms with E-state index in [9.17, 15) is 0 Å². The van der Waals surface area contributed by atoms with Crippen LogP contribution in [0, 0.1) is 0 Å². The lowest BCUT2D eigenvalue weighted by Crippen LogP contribution is -2.41. The van der Waals surface area contributed by atoms with Gasteiger partial charge in [0.2, 0.25) is 0 Å². The molecule has 5 rings (SSSR count). The summed E-state index contributed by atoms with van der Waals surface area (Å²) in [5, 5.41) is 5.00. The molecule has 2 aliphatic heterocycles. The highest BCUT2D eigenvalue weighted by molar-refractivity contribution is 6.66. The van der Waals surface area contributed by atoms with Gasteiger partial charge in [0, 0.05) is 29.8 Å². The van der Waals surface area contributed by atoms with E-state index in [0.29, 0.717) is 10.8 Å². The second kappa shape index (κ2) is 8.55. The molecule has 6 nitrogen and oxygen atoms in total. The van der Waals surface area contributed by atoms with Gasteiger partial charge in [0.05, 0.1) is 21.9 Å². The number of halogens is 1. The van der Waals surface area contributed by atoms with Crippen LogP contribution in [0.15, 0.2) is 42.7 Å². The molecular formula is C25H30BClN4O2. The SMILES string of the molecule is CC1(C)OB(c2cccc(Nc3nccc4cc(CN5CCCC5)cnc34)c2Cl)OC1(C)C. The van der Waals surface area contributed by atoms with Crippen molar-refractivity contribution in [1.29, 1.82) is 0 Å². The van der Waals surface area contributed by atoms with Crippen molar-refractivity contribution in [3.63, 3.8) is 0 Å². The van der Waals surface area contributed by atoms with E-state index in [-0.39, 0.29) is 0 Å². The smallest absolute Gasteiger partial charge is 0.399 e. The Morgan fingerprint density at radius 2 is 1.79 bits per heavy atom. The quantitative estimate of drug-likeness (QED) is 0.541. The summed E-state index contributed by atoms with van der Waals surface area (Å²) >= 11 is 6.82. The van der Waals surface area contributed by atoms with Crippen LogP contribution in [-0.4, -0.2) is 46.3 Å². The van der Waals surface area contributed by atoms with Crippen LogP contribution in [-0.2, 0) is 15.9 Å². The summed E-state index contributed by atoms with van der Waals surface area (Å²) in [5.41, 5.74) is 2.71. The van der Waals surface area contributed by atoms with Gasteiger partial charge in [-0.15, -0.1) is 0 Å². The lowest BCUT2D eigenvalue weighted by atomic mass is 9.79. The maximum Gasteiger partial charge on any atom is 0.496 e. The number of hydrogen-bond acceptors (Lipinski definition) is 6. The van der Waals surface area contributed by atoms with Crippen LogP contribution >= 0.6 is 11.6 Å². The Morgan fingerprint density at radius 3 is 2.52 bits per heavy atom. The first-order chi connectivity index (χ1) is 15.7. The summed E-state index contributed by atoms with van der Waals surface area (Å²) in [6.45, 7) is 11.4. The van der Waals surface area contributed by atoms with E-state index < -0.39 is 18.3 Å². The minimum Gasteiger partial charge on any atom is -0.399 e. The third-order valence-corrected chi connectivity index (χ3v) is 7.47. The molecule has 172 valence electrons. The van der Waals surface area contributed by atoms with E-state index in [2.05, 4.69) is 21.3 Å². The fraction of sp³-hybridized carbons (Fsp3) is 0.440. The summed E-state index contributed by atoms with van der Waals surface area (Å²) in [7, 11) is -0.531. The van der Waals surface area contributed by atoms with E-state index in [1.807, 2.05) is 58.2 Å². The molecule has 0 atom stereocenters. The van der Waals surface area contributed by atoms with Crippen molar-refractivity contribution in [2.75, 3.05) is 18.4 Å². The molecule has 2 aliphatic rings. The van der Waals surface area contributed by atoms with Gasteiger partial charge in [-0.3, -0.25) is 9.88 Å². The highest BCUT2D eigenvalue weighted by Gasteiger charge is 2.52. The topological polar surface area (TPSA) is 59.5 Å². The van der Waals surface area contributed by atoms with Crippen LogP contribution in [0.2, 0.25) is 5.02 Å². The van der Waals surface area contributed by atoms with Gasteiger partial charge in [0.25, 0.3) is 0 Å². The molecular weight excluding hydrogens is 435 g/mol. The summed E-state index contributed by atoms with van der Waals surface area (Å²) in [4.78, 5) is 11.8. The highest BCUT2D eigenvalue weighted by Crippen LogP contribution is 2.38. The Hall–Kier alpha value is -2.19. The number of benzene rings is 1. The van der Waals surface area contributed by atoms with Crippen molar-refractivity contribution in [3.05, 3.63) is 53.3 Å². The number of anilines is 2. The Labute approximate surface area is 200 Å². The number of pyridine rings is 2. The Morgan fingerprint density at radius 1 is 1.06 bits per heavy atom. The van der Waals surface area contributed by atoms with Gasteiger partial charge in [-0.05, 0) is 77.4 Å². The summed E-state index contributed by atoms with van der Waals surface area (Å²) in [5.74, 6) is 0.674. The van der Waals surface area contributed by atoms with E-state index >= 15 is 0 Å². The molecule has 3 aromatic rings. The minimum atomic E-state index is -0.531. The predicted octanol–water partition coefficient (Wildman–Crippen LogP) is 4.92. The molecule has 33 heavy (non-hydrogen) atoms. The number of likely N-dealkylation sites (tertiary alicyclic amines) is 1. The first kappa shape index (κ1) is 22.6. The van der Waals surface area contributed by atoms with E-state index in [0.717, 1.165) is 28.6 Å². The van der Waals surface area contributed by atoms with Crippen LogP contribution in [0.25, 0.3) is 10.9 Å². The van der Waals surface area contributed by atoms with Gasteiger partial charge in [0.1, 0.15) is 5.52 Å². The molecule has 2 fully saturated rings. The average molecular weight is 465 g/mol. The Balaban J connectivity index is 1.41. The molecule has 0 saturated carbocycles. The fourth-order valence-corrected chi connectivity index (χ4v) is 4.67. The maximum absolute atomic E-state index is 6.82. The number of hydrogen-bond donors (Lipinski definition) is 1. The van der Waals surface area contributed by atoms with Crippen molar-refractivity contribution in [2.24, 2.45) is 0 Å². The number of fused-ring (bicyclic) bond motifs is 1. The van der Waals surface area contributed by atoms with E-state index in [1.54, 1.807) is 6.20 Å². The van der Waals surface area contributed by atoms with Crippen LogP contribution in [0.3, 0.4) is 0 Å². The fourth-order valence-electron chi connectivity index (χ4n) is 4.41. The normalized spacial score (nSPS) is 20.0. The zero-order valence-electron chi connectivity index (χ0n) is 19.7. The predicted molar refractivity (Wildman–Crippen MR) is 134 cm³/mol. The summed E-state index contributed by atoms with van der Waals surface area (Å²) in [6.07, 6.45) is 6.32. The highest BCUT2D eigenvalue weighted by atomic mass is 35.5. The minimum absolute atomic E-state index is 0.432. The lowest BCUT2D eigenvalue weighted by Gasteiger charge is -2.32. The molecule has 1 aromatic carbocycles. The first-order valence-electron chi connectivity index (χ1n) is 11.6. The molecule has 2 aromatic heterocycles. The summed E-state index contributed by atoms with van der Waals surface area (Å²) < 4.78 is 12.4. The van der Waals surface area contributed by atoms with Crippen molar-refractivity contribution < 1.29 is 9.31 Å². The third kappa shape index (κ3) is 4.35. The van der Waals surface area contributed by atoms with Gasteiger partial charge in [-0.25, -0.2) is 4.98 Å². The molecule has 1 N–H and O–H groups in total. The number of nitrogens with one attached hydrogen (secondary N) is 1. The maximum atomic E-state index is 6.82. The van der Waals surface area contributed by atoms with Gasteiger partial charge >= 0.3 is 7.12 Å². The zero-order chi connectivity index (χ0) is 23.2. The lowest BCUT2D eigenvalue weighted by molar-refractivity contribution is 0.00578. The number of aromatic nitrogens is 2. The molecule has 4 heterocycles. The first-order valence-corrected chi connectivity index (χ1v) is 12.0. The summed E-state index contributed by atoms with van der Waals surface area (Å²) in [6, 6.07) is 10.0. The second-order valence-corrected chi connectivity index (χ2v) is 10.4. The Kier molecular flexibility index (Phi) is 5.85. The van der Waals surface area contributed by atoms with Gasteiger partial charge in [-0.1, -0.05) is 23.7 Å². The molecule has 0 spiro atoms. The third-order valence-electron chi connectivity index (χ3n) is 7.05. The number of rotatable bonds is 5. The van der Waals surface area contributed by atoms with Crippen molar-refractivity contribution >= 4 is 46.6 Å². The molecule has 0 unspecified atom stereocenters. The van der Waals surface area contributed by atoms with Crippen LogP contribution in [0.5, 0.6) is 0 Å². The Bertz CT molecular complexity index is 1160.